The summed E-state index contributed by atoms with van der Waals surface area (Å²) in [5.41, 5.74) is 3.95. The minimum atomic E-state index is -0.0699. The van der Waals surface area contributed by atoms with Gasteiger partial charge >= 0.3 is 0 Å². The molecule has 5 nitrogen and oxygen atoms in total. The van der Waals surface area contributed by atoms with Crippen molar-refractivity contribution in [1.29, 1.82) is 0 Å². The second-order valence-corrected chi connectivity index (χ2v) is 7.27. The first-order valence-corrected chi connectivity index (χ1v) is 9.25. The van der Waals surface area contributed by atoms with Crippen LogP contribution >= 0.6 is 0 Å². The third-order valence-electron chi connectivity index (χ3n) is 5.31. The highest BCUT2D eigenvalue weighted by atomic mass is 16.5. The summed E-state index contributed by atoms with van der Waals surface area (Å²) in [5.74, 6) is 0.338. The van der Waals surface area contributed by atoms with Gasteiger partial charge in [0, 0.05) is 12.5 Å². The Morgan fingerprint density at radius 1 is 1.28 bits per heavy atom. The molecule has 2 aromatic rings. The molecule has 1 saturated carbocycles. The van der Waals surface area contributed by atoms with Crippen LogP contribution < -0.4 is 5.32 Å². The van der Waals surface area contributed by atoms with E-state index in [1.165, 1.54) is 30.2 Å². The first-order valence-electron chi connectivity index (χ1n) is 9.25. The lowest BCUT2D eigenvalue weighted by Gasteiger charge is -2.28. The molecule has 1 amide bonds. The molecule has 1 unspecified atom stereocenters. The van der Waals surface area contributed by atoms with E-state index in [2.05, 4.69) is 46.6 Å². The molecule has 25 heavy (non-hydrogen) atoms. The summed E-state index contributed by atoms with van der Waals surface area (Å²) >= 11 is 0. The fourth-order valence-electron chi connectivity index (χ4n) is 3.65. The highest BCUT2D eigenvalue weighted by molar-refractivity contribution is 5.95. The van der Waals surface area contributed by atoms with Gasteiger partial charge in [0.25, 0.3) is 5.91 Å². The van der Waals surface area contributed by atoms with Crippen LogP contribution in [0, 0.1) is 6.92 Å². The Morgan fingerprint density at radius 3 is 2.68 bits per heavy atom. The summed E-state index contributed by atoms with van der Waals surface area (Å²) in [4.78, 5) is 15.1. The van der Waals surface area contributed by atoms with Crippen LogP contribution in [0.5, 0.6) is 0 Å². The van der Waals surface area contributed by atoms with Crippen LogP contribution in [0.1, 0.15) is 64.8 Å². The van der Waals surface area contributed by atoms with Crippen LogP contribution in [-0.4, -0.2) is 35.6 Å². The molecular weight excluding hydrogens is 314 g/mol. The van der Waals surface area contributed by atoms with E-state index < -0.39 is 0 Å². The molecule has 4 rings (SSSR count). The largest absolute Gasteiger partial charge is 0.364 e. The molecule has 132 valence electrons. The first-order chi connectivity index (χ1) is 12.2. The number of hydrogen-bond donors (Lipinski definition) is 1. The summed E-state index contributed by atoms with van der Waals surface area (Å²) in [6, 6.07) is 8.87. The monoisotopic (exact) mass is 339 g/mol. The molecule has 1 atom stereocenters. The molecule has 1 saturated heterocycles. The molecule has 0 spiro atoms. The van der Waals surface area contributed by atoms with Crippen molar-refractivity contribution >= 4 is 5.91 Å². The summed E-state index contributed by atoms with van der Waals surface area (Å²) in [7, 11) is 0. The van der Waals surface area contributed by atoms with Crippen molar-refractivity contribution < 1.29 is 9.32 Å². The molecule has 1 aliphatic carbocycles. The standard InChI is InChI=1S/C20H25N3O2/c1-14-4-6-15(7-5-14)18(23-10-2-3-11-23)12-21-20(24)17-13-25-22-19(17)16-8-9-16/h4-7,13,16,18H,2-3,8-12H2,1H3,(H,21,24). The van der Waals surface area contributed by atoms with Crippen molar-refractivity contribution in [2.24, 2.45) is 0 Å². The quantitative estimate of drug-likeness (QED) is 0.876. The van der Waals surface area contributed by atoms with Gasteiger partial charge < -0.3 is 9.84 Å². The highest BCUT2D eigenvalue weighted by Gasteiger charge is 2.32. The molecule has 1 N–H and O–H groups in total. The Balaban J connectivity index is 1.47. The Morgan fingerprint density at radius 2 is 2.00 bits per heavy atom. The normalized spacial score (nSPS) is 19.1. The van der Waals surface area contributed by atoms with Gasteiger partial charge in [0.05, 0.1) is 11.7 Å². The molecule has 2 fully saturated rings. The fraction of sp³-hybridized carbons (Fsp3) is 0.500. The number of carbonyl (C=O) groups excluding carboxylic acids is 1. The molecule has 2 heterocycles. The SMILES string of the molecule is Cc1ccc(C(CNC(=O)c2conc2C2CC2)N2CCCC2)cc1. The van der Waals surface area contributed by atoms with Crippen molar-refractivity contribution in [2.45, 2.75) is 44.6 Å². The van der Waals surface area contributed by atoms with Crippen molar-refractivity contribution in [3.8, 4) is 0 Å². The number of nitrogens with one attached hydrogen (secondary N) is 1. The van der Waals surface area contributed by atoms with Gasteiger partial charge in [-0.25, -0.2) is 0 Å². The summed E-state index contributed by atoms with van der Waals surface area (Å²) in [6.07, 6.45) is 6.15. The van der Waals surface area contributed by atoms with Crippen LogP contribution in [0.15, 0.2) is 35.1 Å². The average Bonchev–Trinajstić information content (AvgIpc) is 3.12. The van der Waals surface area contributed by atoms with Crippen LogP contribution in [-0.2, 0) is 0 Å². The average molecular weight is 339 g/mol. The van der Waals surface area contributed by atoms with Crippen molar-refractivity contribution in [2.75, 3.05) is 19.6 Å². The predicted octanol–water partition coefficient (Wildman–Crippen LogP) is 3.43. The lowest BCUT2D eigenvalue weighted by molar-refractivity contribution is 0.0936. The third-order valence-corrected chi connectivity index (χ3v) is 5.31. The minimum Gasteiger partial charge on any atom is -0.364 e. The van der Waals surface area contributed by atoms with Gasteiger partial charge in [-0.15, -0.1) is 0 Å². The molecule has 5 heteroatoms. The lowest BCUT2D eigenvalue weighted by Crippen LogP contribution is -2.37. The number of amides is 1. The van der Waals surface area contributed by atoms with Crippen molar-refractivity contribution in [1.82, 2.24) is 15.4 Å². The topological polar surface area (TPSA) is 58.4 Å². The number of nitrogens with zero attached hydrogens (tertiary/aromatic N) is 2. The van der Waals surface area contributed by atoms with E-state index in [0.29, 0.717) is 18.0 Å². The van der Waals surface area contributed by atoms with Crippen LogP contribution in [0.4, 0.5) is 0 Å². The molecule has 1 aromatic heterocycles. The smallest absolute Gasteiger partial charge is 0.256 e. The van der Waals surface area contributed by atoms with Crippen LogP contribution in [0.25, 0.3) is 0 Å². The number of likely N-dealkylation sites (tertiary alicyclic amines) is 1. The van der Waals surface area contributed by atoms with Gasteiger partial charge in [-0.1, -0.05) is 35.0 Å². The Bertz CT molecular complexity index is 728. The maximum absolute atomic E-state index is 12.6. The number of aryl methyl sites for hydroxylation is 1. The second kappa shape index (κ2) is 7.00. The van der Waals surface area contributed by atoms with E-state index in [-0.39, 0.29) is 11.9 Å². The van der Waals surface area contributed by atoms with E-state index in [4.69, 9.17) is 4.52 Å². The lowest BCUT2D eigenvalue weighted by atomic mass is 10.0. The van der Waals surface area contributed by atoms with E-state index in [1.807, 2.05) is 0 Å². The number of benzene rings is 1. The van der Waals surface area contributed by atoms with Crippen LogP contribution in [0.3, 0.4) is 0 Å². The van der Waals surface area contributed by atoms with E-state index in [0.717, 1.165) is 31.6 Å². The van der Waals surface area contributed by atoms with E-state index in [1.54, 1.807) is 0 Å². The van der Waals surface area contributed by atoms with E-state index >= 15 is 0 Å². The number of carbonyl (C=O) groups is 1. The zero-order valence-corrected chi connectivity index (χ0v) is 14.7. The van der Waals surface area contributed by atoms with Crippen LogP contribution in [0.2, 0.25) is 0 Å². The third kappa shape index (κ3) is 3.61. The molecule has 2 aliphatic rings. The van der Waals surface area contributed by atoms with Crippen molar-refractivity contribution in [3.05, 3.63) is 52.9 Å². The Hall–Kier alpha value is -2.14. The summed E-state index contributed by atoms with van der Waals surface area (Å²) in [6.45, 7) is 4.89. The second-order valence-electron chi connectivity index (χ2n) is 7.27. The summed E-state index contributed by atoms with van der Waals surface area (Å²) < 4.78 is 5.05. The maximum Gasteiger partial charge on any atom is 0.256 e. The number of aromatic nitrogens is 1. The van der Waals surface area contributed by atoms with Gasteiger partial charge in [-0.2, -0.15) is 0 Å². The fourth-order valence-corrected chi connectivity index (χ4v) is 3.65. The van der Waals surface area contributed by atoms with Gasteiger partial charge in [0.15, 0.2) is 0 Å². The predicted molar refractivity (Wildman–Crippen MR) is 95.5 cm³/mol. The minimum absolute atomic E-state index is 0.0699. The Kier molecular flexibility index (Phi) is 4.57. The molecule has 1 aromatic carbocycles. The zero-order valence-electron chi connectivity index (χ0n) is 14.7. The first kappa shape index (κ1) is 16.3. The van der Waals surface area contributed by atoms with Gasteiger partial charge in [-0.3, -0.25) is 9.69 Å². The van der Waals surface area contributed by atoms with Gasteiger partial charge in [-0.05, 0) is 51.3 Å². The van der Waals surface area contributed by atoms with E-state index in [9.17, 15) is 4.79 Å². The Labute approximate surface area is 148 Å². The molecule has 0 radical (unpaired) electrons. The van der Waals surface area contributed by atoms with Crippen molar-refractivity contribution in [3.63, 3.8) is 0 Å². The summed E-state index contributed by atoms with van der Waals surface area (Å²) in [5, 5.41) is 7.14. The van der Waals surface area contributed by atoms with Gasteiger partial charge in [0.2, 0.25) is 0 Å². The molecule has 0 bridgehead atoms. The number of hydrogen-bond acceptors (Lipinski definition) is 4. The number of rotatable bonds is 6. The molecular formula is C20H25N3O2. The zero-order chi connectivity index (χ0) is 17.2. The highest BCUT2D eigenvalue weighted by Crippen LogP contribution is 2.40. The molecule has 1 aliphatic heterocycles. The van der Waals surface area contributed by atoms with Gasteiger partial charge in [0.1, 0.15) is 11.8 Å². The maximum atomic E-state index is 12.6.